The number of benzene rings is 2. The van der Waals surface area contributed by atoms with Gasteiger partial charge < -0.3 is 24.6 Å². The average Bonchev–Trinajstić information content (AvgIpc) is 2.79. The normalized spacial score (nSPS) is 10.2. The molecule has 2 aromatic carbocycles. The lowest BCUT2D eigenvalue weighted by Gasteiger charge is -2.21. The molecule has 0 amide bonds. The van der Waals surface area contributed by atoms with Crippen molar-refractivity contribution in [2.24, 2.45) is 0 Å². The third-order valence-electron chi connectivity index (χ3n) is 4.73. The second kappa shape index (κ2) is 15.7. The molecule has 0 bridgehead atoms. The SMILES string of the molecule is CCCN(CCC)CCc1ccc(OC)cc1OCCc1ccccc1.O=C(O)C(=O)O. The molecule has 0 saturated carbocycles. The molecule has 7 nitrogen and oxygen atoms in total. The van der Waals surface area contributed by atoms with Crippen LogP contribution >= 0.6 is 0 Å². The van der Waals surface area contributed by atoms with E-state index in [4.69, 9.17) is 29.3 Å². The van der Waals surface area contributed by atoms with Gasteiger partial charge >= 0.3 is 11.9 Å². The van der Waals surface area contributed by atoms with Crippen LogP contribution in [-0.4, -0.2) is 60.4 Å². The van der Waals surface area contributed by atoms with E-state index in [0.717, 1.165) is 44.0 Å². The molecule has 2 aromatic rings. The van der Waals surface area contributed by atoms with Gasteiger partial charge in [-0.3, -0.25) is 0 Å². The molecular weight excluding hydrogens is 410 g/mol. The standard InChI is InChI=1S/C23H33NO2.C2H2O4/c1-4-15-24(16-5-2)17-13-21-11-12-22(25-3)19-23(21)26-18-14-20-9-7-6-8-10-20;3-1(4)2(5)6/h6-12,19H,4-5,13-18H2,1-3H3;(H,3,4)(H,5,6). The van der Waals surface area contributed by atoms with Crippen molar-refractivity contribution in [3.05, 3.63) is 59.7 Å². The summed E-state index contributed by atoms with van der Waals surface area (Å²) in [7, 11) is 1.70. The lowest BCUT2D eigenvalue weighted by Crippen LogP contribution is -2.27. The lowest BCUT2D eigenvalue weighted by molar-refractivity contribution is -0.159. The van der Waals surface area contributed by atoms with Crippen molar-refractivity contribution in [3.63, 3.8) is 0 Å². The maximum absolute atomic E-state index is 9.10. The van der Waals surface area contributed by atoms with Gasteiger partial charge in [-0.1, -0.05) is 50.2 Å². The number of ether oxygens (including phenoxy) is 2. The molecule has 0 heterocycles. The van der Waals surface area contributed by atoms with Crippen LogP contribution in [0.25, 0.3) is 0 Å². The molecule has 0 unspecified atom stereocenters. The fourth-order valence-corrected chi connectivity index (χ4v) is 3.17. The maximum atomic E-state index is 9.10. The van der Waals surface area contributed by atoms with Gasteiger partial charge in [-0.25, -0.2) is 9.59 Å². The van der Waals surface area contributed by atoms with Gasteiger partial charge in [-0.05, 0) is 49.5 Å². The van der Waals surface area contributed by atoms with Gasteiger partial charge in [0, 0.05) is 19.0 Å². The van der Waals surface area contributed by atoms with E-state index < -0.39 is 11.9 Å². The van der Waals surface area contributed by atoms with Gasteiger partial charge in [-0.15, -0.1) is 0 Å². The second-order valence-electron chi connectivity index (χ2n) is 7.26. The number of carbonyl (C=O) groups is 2. The Balaban J connectivity index is 0.000000751. The lowest BCUT2D eigenvalue weighted by atomic mass is 10.1. The van der Waals surface area contributed by atoms with Crippen molar-refractivity contribution < 1.29 is 29.3 Å². The minimum Gasteiger partial charge on any atom is -0.497 e. The van der Waals surface area contributed by atoms with Crippen molar-refractivity contribution >= 4 is 11.9 Å². The number of nitrogens with zero attached hydrogens (tertiary/aromatic N) is 1. The summed E-state index contributed by atoms with van der Waals surface area (Å²) in [4.78, 5) is 20.7. The highest BCUT2D eigenvalue weighted by atomic mass is 16.5. The van der Waals surface area contributed by atoms with E-state index >= 15 is 0 Å². The molecule has 0 aliphatic carbocycles. The molecular formula is C25H35NO6. The predicted octanol–water partition coefficient (Wildman–Crippen LogP) is 4.14. The van der Waals surface area contributed by atoms with E-state index in [1.165, 1.54) is 24.0 Å². The summed E-state index contributed by atoms with van der Waals surface area (Å²) in [6.45, 7) is 8.56. The quantitative estimate of drug-likeness (QED) is 0.474. The van der Waals surface area contributed by atoms with Gasteiger partial charge in [0.15, 0.2) is 0 Å². The zero-order valence-corrected chi connectivity index (χ0v) is 19.3. The van der Waals surface area contributed by atoms with E-state index in [2.05, 4.69) is 49.1 Å². The zero-order chi connectivity index (χ0) is 23.8. The molecule has 0 radical (unpaired) electrons. The van der Waals surface area contributed by atoms with Crippen molar-refractivity contribution in [1.29, 1.82) is 0 Å². The zero-order valence-electron chi connectivity index (χ0n) is 19.3. The van der Waals surface area contributed by atoms with Crippen LogP contribution < -0.4 is 9.47 Å². The highest BCUT2D eigenvalue weighted by molar-refractivity contribution is 6.27. The number of aliphatic carboxylic acids is 2. The fraction of sp³-hybridized carbons (Fsp3) is 0.440. The molecule has 0 atom stereocenters. The molecule has 0 fully saturated rings. The van der Waals surface area contributed by atoms with Crippen LogP contribution in [0.15, 0.2) is 48.5 Å². The first-order valence-corrected chi connectivity index (χ1v) is 10.9. The Kier molecular flexibility index (Phi) is 13.2. The maximum Gasteiger partial charge on any atom is 0.414 e. The summed E-state index contributed by atoms with van der Waals surface area (Å²) in [5.41, 5.74) is 2.56. The molecule has 2 rings (SSSR count). The van der Waals surface area contributed by atoms with Crippen LogP contribution in [-0.2, 0) is 22.4 Å². The minimum absolute atomic E-state index is 0.678. The molecule has 0 aliphatic rings. The molecule has 0 spiro atoms. The number of hydrogen-bond donors (Lipinski definition) is 2. The Labute approximate surface area is 190 Å². The van der Waals surface area contributed by atoms with Crippen LogP contribution in [0.5, 0.6) is 11.5 Å². The largest absolute Gasteiger partial charge is 0.497 e. The number of rotatable bonds is 12. The molecule has 0 aliphatic heterocycles. The van der Waals surface area contributed by atoms with Crippen LogP contribution in [0.3, 0.4) is 0 Å². The van der Waals surface area contributed by atoms with Gasteiger partial charge in [0.1, 0.15) is 11.5 Å². The second-order valence-corrected chi connectivity index (χ2v) is 7.26. The summed E-state index contributed by atoms with van der Waals surface area (Å²) in [5.74, 6) is -1.85. The first kappa shape index (κ1) is 27.0. The molecule has 0 saturated heterocycles. The van der Waals surface area contributed by atoms with Crippen LogP contribution in [0.2, 0.25) is 0 Å². The fourth-order valence-electron chi connectivity index (χ4n) is 3.17. The molecule has 7 heteroatoms. The summed E-state index contributed by atoms with van der Waals surface area (Å²) in [6, 6.07) is 16.7. The van der Waals surface area contributed by atoms with Crippen molar-refractivity contribution in [2.45, 2.75) is 39.5 Å². The Morgan fingerprint density at radius 2 is 1.50 bits per heavy atom. The Bertz CT molecular complexity index is 791. The monoisotopic (exact) mass is 445 g/mol. The Hall–Kier alpha value is -3.06. The number of carboxylic acid groups (broad SMARTS) is 2. The summed E-state index contributed by atoms with van der Waals surface area (Å²) in [5, 5.41) is 14.8. The molecule has 176 valence electrons. The topological polar surface area (TPSA) is 96.3 Å². The number of carboxylic acids is 2. The summed E-state index contributed by atoms with van der Waals surface area (Å²) >= 11 is 0. The third kappa shape index (κ3) is 10.8. The number of methoxy groups -OCH3 is 1. The smallest absolute Gasteiger partial charge is 0.414 e. The van der Waals surface area contributed by atoms with E-state index in [1.54, 1.807) is 7.11 Å². The average molecular weight is 446 g/mol. The first-order chi connectivity index (χ1) is 15.4. The van der Waals surface area contributed by atoms with Gasteiger partial charge in [-0.2, -0.15) is 0 Å². The highest BCUT2D eigenvalue weighted by Crippen LogP contribution is 2.26. The van der Waals surface area contributed by atoms with E-state index in [1.807, 2.05) is 18.2 Å². The third-order valence-corrected chi connectivity index (χ3v) is 4.73. The van der Waals surface area contributed by atoms with Crippen LogP contribution in [0.1, 0.15) is 37.8 Å². The Morgan fingerprint density at radius 3 is 2.03 bits per heavy atom. The van der Waals surface area contributed by atoms with Crippen molar-refractivity contribution in [2.75, 3.05) is 33.4 Å². The van der Waals surface area contributed by atoms with Gasteiger partial charge in [0.05, 0.1) is 13.7 Å². The summed E-state index contributed by atoms with van der Waals surface area (Å²) in [6.07, 6.45) is 4.31. The summed E-state index contributed by atoms with van der Waals surface area (Å²) < 4.78 is 11.5. The molecule has 32 heavy (non-hydrogen) atoms. The van der Waals surface area contributed by atoms with Crippen molar-refractivity contribution in [3.8, 4) is 11.5 Å². The van der Waals surface area contributed by atoms with Crippen LogP contribution in [0.4, 0.5) is 0 Å². The molecule has 2 N–H and O–H groups in total. The van der Waals surface area contributed by atoms with Crippen LogP contribution in [0, 0.1) is 0 Å². The highest BCUT2D eigenvalue weighted by Gasteiger charge is 2.09. The van der Waals surface area contributed by atoms with Crippen molar-refractivity contribution in [1.82, 2.24) is 4.90 Å². The van der Waals surface area contributed by atoms with Gasteiger partial charge in [0.25, 0.3) is 0 Å². The first-order valence-electron chi connectivity index (χ1n) is 10.9. The number of hydrogen-bond acceptors (Lipinski definition) is 5. The Morgan fingerprint density at radius 1 is 0.875 bits per heavy atom. The van der Waals surface area contributed by atoms with E-state index in [9.17, 15) is 0 Å². The van der Waals surface area contributed by atoms with E-state index in [0.29, 0.717) is 6.61 Å². The predicted molar refractivity (Wildman–Crippen MR) is 125 cm³/mol. The minimum atomic E-state index is -1.82. The van der Waals surface area contributed by atoms with E-state index in [-0.39, 0.29) is 0 Å². The molecule has 0 aromatic heterocycles. The van der Waals surface area contributed by atoms with Gasteiger partial charge in [0.2, 0.25) is 0 Å².